The van der Waals surface area contributed by atoms with Crippen LogP contribution in [0.2, 0.25) is 5.02 Å². The van der Waals surface area contributed by atoms with E-state index in [2.05, 4.69) is 50.0 Å². The Hall–Kier alpha value is -0.570. The van der Waals surface area contributed by atoms with Crippen LogP contribution in [-0.2, 0) is 6.54 Å². The summed E-state index contributed by atoms with van der Waals surface area (Å²) in [6.45, 7) is 12.2. The van der Waals surface area contributed by atoms with E-state index in [1.165, 1.54) is 5.56 Å². The third-order valence-corrected chi connectivity index (χ3v) is 3.49. The summed E-state index contributed by atoms with van der Waals surface area (Å²) >= 11 is 5.92. The monoisotopic (exact) mass is 266 g/mol. The summed E-state index contributed by atoms with van der Waals surface area (Å²) in [7, 11) is 0. The average molecular weight is 267 g/mol. The number of nitrogens with one attached hydrogen (secondary N) is 1. The standard InChI is InChI=1S/C15H23ClN2/c1-14(2)10-18(11-15(3,4)17-14)9-12-5-7-13(16)8-6-12/h5-8,17H,9-11H2,1-4H3. The molecule has 100 valence electrons. The van der Waals surface area contributed by atoms with Gasteiger partial charge in [-0.25, -0.2) is 0 Å². The number of benzene rings is 1. The highest BCUT2D eigenvalue weighted by atomic mass is 35.5. The number of piperazine rings is 1. The maximum absolute atomic E-state index is 5.92. The van der Waals surface area contributed by atoms with E-state index in [4.69, 9.17) is 11.6 Å². The molecule has 1 heterocycles. The Bertz CT molecular complexity index is 393. The lowest BCUT2D eigenvalue weighted by atomic mass is 9.91. The SMILES string of the molecule is CC1(C)CN(Cc2ccc(Cl)cc2)CC(C)(C)N1. The molecule has 0 amide bonds. The van der Waals surface area contributed by atoms with Crippen molar-refractivity contribution in [3.8, 4) is 0 Å². The summed E-state index contributed by atoms with van der Waals surface area (Å²) in [5, 5.41) is 4.50. The topological polar surface area (TPSA) is 15.3 Å². The largest absolute Gasteiger partial charge is 0.304 e. The molecule has 1 saturated heterocycles. The molecular weight excluding hydrogens is 244 g/mol. The Labute approximate surface area is 115 Å². The first-order chi connectivity index (χ1) is 8.26. The number of hydrogen-bond acceptors (Lipinski definition) is 2. The van der Waals surface area contributed by atoms with Gasteiger partial charge in [-0.1, -0.05) is 23.7 Å². The van der Waals surface area contributed by atoms with Crippen molar-refractivity contribution in [1.29, 1.82) is 0 Å². The fourth-order valence-electron chi connectivity index (χ4n) is 3.13. The summed E-state index contributed by atoms with van der Waals surface area (Å²) in [6, 6.07) is 8.17. The van der Waals surface area contributed by atoms with Crippen LogP contribution >= 0.6 is 11.6 Å². The molecule has 1 fully saturated rings. The highest BCUT2D eigenvalue weighted by Gasteiger charge is 2.36. The number of rotatable bonds is 2. The van der Waals surface area contributed by atoms with E-state index in [0.29, 0.717) is 0 Å². The Morgan fingerprint density at radius 3 is 2.06 bits per heavy atom. The van der Waals surface area contributed by atoms with Crippen molar-refractivity contribution in [2.45, 2.75) is 45.3 Å². The van der Waals surface area contributed by atoms with Gasteiger partial charge in [0, 0.05) is 35.7 Å². The van der Waals surface area contributed by atoms with Crippen LogP contribution in [0.25, 0.3) is 0 Å². The fourth-order valence-corrected chi connectivity index (χ4v) is 3.25. The van der Waals surface area contributed by atoms with E-state index < -0.39 is 0 Å². The van der Waals surface area contributed by atoms with Crippen molar-refractivity contribution in [2.75, 3.05) is 13.1 Å². The van der Waals surface area contributed by atoms with Crippen LogP contribution in [0.4, 0.5) is 0 Å². The first-order valence-electron chi connectivity index (χ1n) is 6.52. The van der Waals surface area contributed by atoms with Gasteiger partial charge >= 0.3 is 0 Å². The summed E-state index contributed by atoms with van der Waals surface area (Å²) < 4.78 is 0. The second-order valence-electron chi connectivity index (χ2n) is 6.66. The quantitative estimate of drug-likeness (QED) is 0.884. The van der Waals surface area contributed by atoms with Gasteiger partial charge < -0.3 is 5.32 Å². The molecule has 3 heteroatoms. The smallest absolute Gasteiger partial charge is 0.0406 e. The zero-order valence-electron chi connectivity index (χ0n) is 11.8. The lowest BCUT2D eigenvalue weighted by Gasteiger charge is -2.48. The lowest BCUT2D eigenvalue weighted by Crippen LogP contribution is -2.66. The van der Waals surface area contributed by atoms with Crippen molar-refractivity contribution >= 4 is 11.6 Å². The first kappa shape index (κ1) is 13.9. The molecule has 0 spiro atoms. The molecule has 2 rings (SSSR count). The van der Waals surface area contributed by atoms with Gasteiger partial charge in [-0.15, -0.1) is 0 Å². The lowest BCUT2D eigenvalue weighted by molar-refractivity contribution is 0.0728. The molecule has 0 unspecified atom stereocenters. The van der Waals surface area contributed by atoms with Crippen LogP contribution in [0.5, 0.6) is 0 Å². The molecule has 0 radical (unpaired) electrons. The van der Waals surface area contributed by atoms with Crippen molar-refractivity contribution in [2.24, 2.45) is 0 Å². The van der Waals surface area contributed by atoms with Crippen LogP contribution in [0.3, 0.4) is 0 Å². The predicted octanol–water partition coefficient (Wildman–Crippen LogP) is 3.30. The highest BCUT2D eigenvalue weighted by molar-refractivity contribution is 6.30. The third-order valence-electron chi connectivity index (χ3n) is 3.23. The molecule has 1 N–H and O–H groups in total. The van der Waals surface area contributed by atoms with E-state index in [0.717, 1.165) is 24.7 Å². The average Bonchev–Trinajstić information content (AvgIpc) is 2.16. The fraction of sp³-hybridized carbons (Fsp3) is 0.600. The van der Waals surface area contributed by atoms with E-state index in [1.807, 2.05) is 12.1 Å². The van der Waals surface area contributed by atoms with Crippen LogP contribution in [0.1, 0.15) is 33.3 Å². The molecule has 0 aliphatic carbocycles. The Kier molecular flexibility index (Phi) is 3.72. The molecule has 0 bridgehead atoms. The van der Waals surface area contributed by atoms with Crippen molar-refractivity contribution in [3.63, 3.8) is 0 Å². The minimum atomic E-state index is 0.161. The summed E-state index contributed by atoms with van der Waals surface area (Å²) in [5.74, 6) is 0. The molecule has 2 nitrogen and oxygen atoms in total. The maximum atomic E-state index is 5.92. The van der Waals surface area contributed by atoms with Gasteiger partial charge in [0.05, 0.1) is 0 Å². The Morgan fingerprint density at radius 1 is 1.06 bits per heavy atom. The van der Waals surface area contributed by atoms with Gasteiger partial charge in [-0.05, 0) is 45.4 Å². The molecule has 0 saturated carbocycles. The third kappa shape index (κ3) is 3.71. The second kappa shape index (κ2) is 4.84. The maximum Gasteiger partial charge on any atom is 0.0406 e. The first-order valence-corrected chi connectivity index (χ1v) is 6.90. The minimum absolute atomic E-state index is 0.161. The highest BCUT2D eigenvalue weighted by Crippen LogP contribution is 2.22. The van der Waals surface area contributed by atoms with E-state index in [9.17, 15) is 0 Å². The van der Waals surface area contributed by atoms with Gasteiger partial charge in [0.25, 0.3) is 0 Å². The van der Waals surface area contributed by atoms with Gasteiger partial charge in [0.2, 0.25) is 0 Å². The Balaban J connectivity index is 2.07. The molecule has 1 aromatic carbocycles. The molecule has 1 aromatic rings. The normalized spacial score (nSPS) is 22.9. The zero-order chi connectivity index (χ0) is 13.4. The molecule has 0 atom stereocenters. The van der Waals surface area contributed by atoms with Gasteiger partial charge in [0.1, 0.15) is 0 Å². The van der Waals surface area contributed by atoms with Gasteiger partial charge in [0.15, 0.2) is 0 Å². The van der Waals surface area contributed by atoms with Crippen molar-refractivity contribution < 1.29 is 0 Å². The molecule has 1 aliphatic heterocycles. The van der Waals surface area contributed by atoms with Crippen molar-refractivity contribution in [1.82, 2.24) is 10.2 Å². The predicted molar refractivity (Wildman–Crippen MR) is 78.0 cm³/mol. The second-order valence-corrected chi connectivity index (χ2v) is 7.10. The van der Waals surface area contributed by atoms with Crippen LogP contribution in [0.15, 0.2) is 24.3 Å². The number of hydrogen-bond donors (Lipinski definition) is 1. The minimum Gasteiger partial charge on any atom is -0.304 e. The van der Waals surface area contributed by atoms with Crippen LogP contribution in [-0.4, -0.2) is 29.1 Å². The van der Waals surface area contributed by atoms with Crippen LogP contribution in [0, 0.1) is 0 Å². The molecule has 0 aromatic heterocycles. The van der Waals surface area contributed by atoms with Crippen LogP contribution < -0.4 is 5.32 Å². The number of nitrogens with zero attached hydrogens (tertiary/aromatic N) is 1. The molecular formula is C15H23ClN2. The zero-order valence-corrected chi connectivity index (χ0v) is 12.5. The van der Waals surface area contributed by atoms with Gasteiger partial charge in [-0.2, -0.15) is 0 Å². The number of halogens is 1. The van der Waals surface area contributed by atoms with E-state index in [-0.39, 0.29) is 11.1 Å². The summed E-state index contributed by atoms with van der Waals surface area (Å²) in [4.78, 5) is 2.51. The summed E-state index contributed by atoms with van der Waals surface area (Å²) in [5.41, 5.74) is 1.65. The van der Waals surface area contributed by atoms with E-state index >= 15 is 0 Å². The Morgan fingerprint density at radius 2 is 1.56 bits per heavy atom. The van der Waals surface area contributed by atoms with Gasteiger partial charge in [-0.3, -0.25) is 4.90 Å². The van der Waals surface area contributed by atoms with E-state index in [1.54, 1.807) is 0 Å². The summed E-state index contributed by atoms with van der Waals surface area (Å²) in [6.07, 6.45) is 0. The van der Waals surface area contributed by atoms with Crippen molar-refractivity contribution in [3.05, 3.63) is 34.9 Å². The molecule has 1 aliphatic rings. The molecule has 18 heavy (non-hydrogen) atoms.